The Hall–Kier alpha value is -3.97. The summed E-state index contributed by atoms with van der Waals surface area (Å²) in [6, 6.07) is 19.8. The average molecular weight is 620 g/mol. The number of thiophene rings is 1. The second kappa shape index (κ2) is 12.0. The second-order valence-electron chi connectivity index (χ2n) is 10.3. The van der Waals surface area contributed by atoms with Gasteiger partial charge in [-0.1, -0.05) is 23.7 Å². The molecule has 0 amide bonds. The Morgan fingerprint density at radius 3 is 2.44 bits per heavy atom. The third kappa shape index (κ3) is 5.83. The highest BCUT2D eigenvalue weighted by molar-refractivity contribution is 7.16. The van der Waals surface area contributed by atoms with Gasteiger partial charge in [-0.15, -0.1) is 11.3 Å². The average Bonchev–Trinajstić information content (AvgIpc) is 3.82. The molecule has 222 valence electrons. The van der Waals surface area contributed by atoms with E-state index >= 15 is 0 Å². The fraction of sp³-hybridized carbons (Fsp3) is 0.333. The van der Waals surface area contributed by atoms with E-state index in [2.05, 4.69) is 37.0 Å². The number of para-hydroxylation sites is 2. The summed E-state index contributed by atoms with van der Waals surface area (Å²) in [6.45, 7) is 4.43. The van der Waals surface area contributed by atoms with Crippen molar-refractivity contribution in [2.24, 2.45) is 0 Å². The van der Waals surface area contributed by atoms with Crippen LogP contribution in [-0.4, -0.2) is 77.3 Å². The summed E-state index contributed by atoms with van der Waals surface area (Å²) in [4.78, 5) is 19.0. The van der Waals surface area contributed by atoms with Crippen LogP contribution >= 0.6 is 22.9 Å². The number of halogens is 1. The molecule has 3 aromatic heterocycles. The molecule has 43 heavy (non-hydrogen) atoms. The molecular weight excluding hydrogens is 590 g/mol. The second-order valence-corrected chi connectivity index (χ2v) is 12.0. The Morgan fingerprint density at radius 2 is 1.74 bits per heavy atom. The summed E-state index contributed by atoms with van der Waals surface area (Å²) in [6.07, 6.45) is 2.88. The number of hydrogen-bond acceptors (Lipinski definition) is 11. The molecule has 2 fully saturated rings. The summed E-state index contributed by atoms with van der Waals surface area (Å²) in [5.41, 5.74) is 2.84. The number of nitrogens with zero attached hydrogens (tertiary/aromatic N) is 7. The largest absolute Gasteiger partial charge is 0.491 e. The van der Waals surface area contributed by atoms with Gasteiger partial charge in [-0.05, 0) is 48.5 Å². The van der Waals surface area contributed by atoms with Crippen molar-refractivity contribution in [1.82, 2.24) is 24.7 Å². The van der Waals surface area contributed by atoms with Gasteiger partial charge >= 0.3 is 0 Å². The highest BCUT2D eigenvalue weighted by atomic mass is 35.5. The maximum Gasteiger partial charge on any atom is 0.257 e. The van der Waals surface area contributed by atoms with E-state index in [1.165, 1.54) is 17.7 Å². The molecule has 2 atom stereocenters. The third-order valence-electron chi connectivity index (χ3n) is 7.58. The molecular formula is C30H30ClN7O4S. The highest BCUT2D eigenvalue weighted by Crippen LogP contribution is 2.41. The highest BCUT2D eigenvalue weighted by Gasteiger charge is 2.45. The van der Waals surface area contributed by atoms with E-state index in [4.69, 9.17) is 35.5 Å². The van der Waals surface area contributed by atoms with Crippen molar-refractivity contribution in [3.8, 4) is 11.6 Å². The van der Waals surface area contributed by atoms with E-state index < -0.39 is 5.79 Å². The zero-order valence-electron chi connectivity index (χ0n) is 23.5. The van der Waals surface area contributed by atoms with E-state index in [9.17, 15) is 0 Å². The van der Waals surface area contributed by atoms with Crippen LogP contribution in [0.2, 0.25) is 4.34 Å². The zero-order valence-corrected chi connectivity index (χ0v) is 25.1. The molecule has 2 aromatic carbocycles. The quantitative estimate of drug-likeness (QED) is 0.232. The molecule has 0 radical (unpaired) electrons. The van der Waals surface area contributed by atoms with Crippen molar-refractivity contribution < 1.29 is 18.9 Å². The van der Waals surface area contributed by atoms with Crippen molar-refractivity contribution >= 4 is 45.5 Å². The van der Waals surface area contributed by atoms with Crippen LogP contribution in [0.3, 0.4) is 0 Å². The zero-order chi connectivity index (χ0) is 29.2. The van der Waals surface area contributed by atoms with Gasteiger partial charge in [0.25, 0.3) is 5.88 Å². The molecule has 0 spiro atoms. The lowest BCUT2D eigenvalue weighted by Gasteiger charge is -2.37. The number of hydrogen-bond donors (Lipinski definition) is 0. The van der Waals surface area contributed by atoms with Crippen molar-refractivity contribution in [2.45, 2.75) is 18.4 Å². The summed E-state index contributed by atoms with van der Waals surface area (Å²) in [5.74, 6) is 1.12. The number of benzene rings is 2. The van der Waals surface area contributed by atoms with Crippen LogP contribution in [-0.2, 0) is 21.8 Å². The molecule has 5 heterocycles. The third-order valence-corrected chi connectivity index (χ3v) is 8.93. The van der Waals surface area contributed by atoms with E-state index in [0.717, 1.165) is 59.3 Å². The predicted octanol–water partition coefficient (Wildman–Crippen LogP) is 4.62. The molecule has 0 bridgehead atoms. The summed E-state index contributed by atoms with van der Waals surface area (Å²) < 4.78 is 26.7. The molecule has 0 unspecified atom stereocenters. The lowest BCUT2D eigenvalue weighted by molar-refractivity contribution is -0.188. The number of aromatic nitrogens is 5. The fourth-order valence-corrected chi connectivity index (χ4v) is 6.54. The Bertz CT molecular complexity index is 1680. The van der Waals surface area contributed by atoms with E-state index in [-0.39, 0.29) is 6.10 Å². The van der Waals surface area contributed by atoms with Gasteiger partial charge in [0.2, 0.25) is 5.79 Å². The first kappa shape index (κ1) is 27.8. The van der Waals surface area contributed by atoms with Crippen LogP contribution < -0.4 is 19.3 Å². The van der Waals surface area contributed by atoms with Crippen molar-refractivity contribution in [2.75, 3.05) is 56.3 Å². The van der Waals surface area contributed by atoms with E-state index in [1.54, 1.807) is 18.1 Å². The Balaban J connectivity index is 0.953. The van der Waals surface area contributed by atoms with Gasteiger partial charge in [-0.25, -0.2) is 19.6 Å². The van der Waals surface area contributed by atoms with Gasteiger partial charge in [0.05, 0.1) is 34.0 Å². The van der Waals surface area contributed by atoms with Crippen LogP contribution in [0.25, 0.3) is 11.0 Å². The van der Waals surface area contributed by atoms with Crippen LogP contribution in [0.15, 0.2) is 73.3 Å². The van der Waals surface area contributed by atoms with Crippen molar-refractivity contribution in [3.05, 3.63) is 82.5 Å². The lowest BCUT2D eigenvalue weighted by Crippen LogP contribution is -2.47. The molecule has 13 heteroatoms. The molecule has 2 aliphatic heterocycles. The minimum absolute atomic E-state index is 0.257. The maximum absolute atomic E-state index is 6.43. The standard InChI is InChI=1S/C30H30ClN7O4S/c1-39-29-28(34-24-4-2-3-5-25(24)35-29)37-14-12-36(13-15-37)21-6-8-22(9-7-21)40-16-23-17-41-30(42-23,18-38-20-32-19-33-38)26-10-11-27(31)43-26/h2-11,19-20,23H,12-18H2,1H3/t23-,30+/m0/s1. The van der Waals surface area contributed by atoms with E-state index in [0.29, 0.717) is 30.0 Å². The van der Waals surface area contributed by atoms with Crippen LogP contribution in [0, 0.1) is 0 Å². The van der Waals surface area contributed by atoms with Crippen LogP contribution in [0.5, 0.6) is 11.6 Å². The first-order chi connectivity index (χ1) is 21.1. The maximum atomic E-state index is 6.43. The Labute approximate surface area is 257 Å². The molecule has 2 saturated heterocycles. The monoisotopic (exact) mass is 619 g/mol. The fourth-order valence-electron chi connectivity index (χ4n) is 5.42. The first-order valence-electron chi connectivity index (χ1n) is 14.0. The molecule has 7 rings (SSSR count). The number of fused-ring (bicyclic) bond motifs is 1. The molecule has 0 aliphatic carbocycles. The molecule has 0 saturated carbocycles. The Kier molecular flexibility index (Phi) is 7.74. The number of methoxy groups -OCH3 is 1. The molecule has 11 nitrogen and oxygen atoms in total. The van der Waals surface area contributed by atoms with Gasteiger partial charge in [0.1, 0.15) is 37.7 Å². The first-order valence-corrected chi connectivity index (χ1v) is 15.2. The van der Waals surface area contributed by atoms with Crippen molar-refractivity contribution in [1.29, 1.82) is 0 Å². The number of rotatable bonds is 9. The lowest BCUT2D eigenvalue weighted by atomic mass is 10.2. The normalized spacial score (nSPS) is 20.6. The smallest absolute Gasteiger partial charge is 0.257 e. The van der Waals surface area contributed by atoms with Gasteiger partial charge < -0.3 is 28.7 Å². The van der Waals surface area contributed by atoms with Crippen LogP contribution in [0.4, 0.5) is 11.5 Å². The number of piperazine rings is 1. The minimum atomic E-state index is -0.992. The molecule has 0 N–H and O–H groups in total. The Morgan fingerprint density at radius 1 is 0.977 bits per heavy atom. The molecule has 5 aromatic rings. The van der Waals surface area contributed by atoms with Gasteiger partial charge in [-0.3, -0.25) is 0 Å². The van der Waals surface area contributed by atoms with Gasteiger partial charge in [0.15, 0.2) is 5.82 Å². The van der Waals surface area contributed by atoms with Gasteiger partial charge in [0, 0.05) is 31.9 Å². The van der Waals surface area contributed by atoms with Crippen molar-refractivity contribution in [3.63, 3.8) is 0 Å². The molecule has 2 aliphatic rings. The van der Waals surface area contributed by atoms with Crippen LogP contribution in [0.1, 0.15) is 4.88 Å². The van der Waals surface area contributed by atoms with Gasteiger partial charge in [-0.2, -0.15) is 5.10 Å². The van der Waals surface area contributed by atoms with E-state index in [1.807, 2.05) is 48.5 Å². The topological polar surface area (TPSA) is 99.9 Å². The predicted molar refractivity (Wildman–Crippen MR) is 164 cm³/mol. The summed E-state index contributed by atoms with van der Waals surface area (Å²) in [7, 11) is 1.64. The summed E-state index contributed by atoms with van der Waals surface area (Å²) >= 11 is 7.66. The SMILES string of the molecule is COc1nc2ccccc2nc1N1CCN(c2ccc(OC[C@H]3CO[C@@](Cn4cncn4)(c4ccc(Cl)s4)O3)cc2)CC1. The number of anilines is 2. The minimum Gasteiger partial charge on any atom is -0.491 e. The summed E-state index contributed by atoms with van der Waals surface area (Å²) in [5, 5.41) is 4.23. The number of ether oxygens (including phenoxy) is 4.